The molecular formula is C26H25NO8. The second kappa shape index (κ2) is 12.6. The summed E-state index contributed by atoms with van der Waals surface area (Å²) in [6.45, 7) is -0.481. The molecule has 0 aliphatic heterocycles. The molecule has 0 aliphatic carbocycles. The Balaban J connectivity index is 1.49. The molecule has 9 nitrogen and oxygen atoms in total. The van der Waals surface area contributed by atoms with Crippen molar-refractivity contribution in [2.75, 3.05) is 39.4 Å². The fourth-order valence-electron chi connectivity index (χ4n) is 3.00. The number of ether oxygens (including phenoxy) is 5. The lowest BCUT2D eigenvalue weighted by Gasteiger charge is -2.13. The first-order chi connectivity index (χ1) is 17.0. The Hall–Kier alpha value is -4.53. The maximum atomic E-state index is 12.3. The Labute approximate surface area is 202 Å². The van der Waals surface area contributed by atoms with Crippen LogP contribution in [0.2, 0.25) is 0 Å². The Morgan fingerprint density at radius 2 is 1.31 bits per heavy atom. The Morgan fingerprint density at radius 1 is 0.686 bits per heavy atom. The number of benzene rings is 3. The van der Waals surface area contributed by atoms with Crippen molar-refractivity contribution in [2.24, 2.45) is 0 Å². The number of amides is 1. The average molecular weight is 479 g/mol. The summed E-state index contributed by atoms with van der Waals surface area (Å²) in [5.74, 6) is -0.476. The van der Waals surface area contributed by atoms with E-state index in [4.69, 9.17) is 23.7 Å². The van der Waals surface area contributed by atoms with E-state index in [1.807, 2.05) is 0 Å². The number of anilines is 1. The van der Waals surface area contributed by atoms with Crippen LogP contribution < -0.4 is 19.5 Å². The van der Waals surface area contributed by atoms with Crippen molar-refractivity contribution in [3.8, 4) is 17.2 Å². The molecule has 0 spiro atoms. The number of hydrogen-bond donors (Lipinski definition) is 1. The van der Waals surface area contributed by atoms with Gasteiger partial charge in [-0.1, -0.05) is 30.3 Å². The molecule has 0 saturated heterocycles. The smallest absolute Gasteiger partial charge is 0.338 e. The van der Waals surface area contributed by atoms with Crippen molar-refractivity contribution in [1.82, 2.24) is 0 Å². The fourth-order valence-corrected chi connectivity index (χ4v) is 3.00. The monoisotopic (exact) mass is 479 g/mol. The van der Waals surface area contributed by atoms with Crippen LogP contribution in [0.25, 0.3) is 0 Å². The molecule has 0 aromatic heterocycles. The number of carbonyl (C=O) groups is 3. The van der Waals surface area contributed by atoms with Gasteiger partial charge in [0, 0.05) is 0 Å². The molecule has 3 aromatic carbocycles. The molecule has 0 unspecified atom stereocenters. The summed E-state index contributed by atoms with van der Waals surface area (Å²) in [6, 6.07) is 19.9. The number of esters is 2. The van der Waals surface area contributed by atoms with E-state index in [0.29, 0.717) is 17.0 Å². The number of nitrogens with one attached hydrogen (secondary N) is 1. The summed E-state index contributed by atoms with van der Waals surface area (Å²) in [4.78, 5) is 36.5. The van der Waals surface area contributed by atoms with Crippen molar-refractivity contribution in [3.63, 3.8) is 0 Å². The standard InChI is InChI=1S/C26H25NO8/c1-31-21-11-7-6-10-20(21)27-24(28)17-35-22-13-12-19(16-23(22)32-2)26(30)34-15-14-33-25(29)18-8-4-3-5-9-18/h3-13,16H,14-15,17H2,1-2H3,(H,27,28). The first-order valence-electron chi connectivity index (χ1n) is 10.6. The summed E-state index contributed by atoms with van der Waals surface area (Å²) in [6.07, 6.45) is 0. The zero-order chi connectivity index (χ0) is 25.0. The van der Waals surface area contributed by atoms with Crippen LogP contribution in [0.3, 0.4) is 0 Å². The molecule has 0 atom stereocenters. The molecule has 0 aliphatic rings. The maximum absolute atomic E-state index is 12.3. The summed E-state index contributed by atoms with van der Waals surface area (Å²) >= 11 is 0. The van der Waals surface area contributed by atoms with Gasteiger partial charge in [-0.2, -0.15) is 0 Å². The quantitative estimate of drug-likeness (QED) is 0.327. The minimum Gasteiger partial charge on any atom is -0.495 e. The average Bonchev–Trinajstić information content (AvgIpc) is 2.90. The van der Waals surface area contributed by atoms with Crippen LogP contribution in [0.1, 0.15) is 20.7 Å². The minimum atomic E-state index is -0.625. The summed E-state index contributed by atoms with van der Waals surface area (Å²) in [7, 11) is 2.92. The number of carbonyl (C=O) groups excluding carboxylic acids is 3. The van der Waals surface area contributed by atoms with Gasteiger partial charge in [-0.25, -0.2) is 9.59 Å². The summed E-state index contributed by atoms with van der Waals surface area (Å²) < 4.78 is 26.3. The lowest BCUT2D eigenvalue weighted by molar-refractivity contribution is -0.118. The predicted molar refractivity (Wildman–Crippen MR) is 127 cm³/mol. The number of methoxy groups -OCH3 is 2. The highest BCUT2D eigenvalue weighted by Gasteiger charge is 2.15. The van der Waals surface area contributed by atoms with E-state index in [2.05, 4.69) is 5.32 Å². The van der Waals surface area contributed by atoms with E-state index < -0.39 is 17.8 Å². The van der Waals surface area contributed by atoms with E-state index in [1.54, 1.807) is 54.6 Å². The SMILES string of the molecule is COc1ccccc1NC(=O)COc1ccc(C(=O)OCCOC(=O)c2ccccc2)cc1OC. The van der Waals surface area contributed by atoms with Gasteiger partial charge in [-0.05, 0) is 42.5 Å². The van der Waals surface area contributed by atoms with Gasteiger partial charge >= 0.3 is 11.9 Å². The van der Waals surface area contributed by atoms with Crippen LogP contribution in [-0.2, 0) is 14.3 Å². The van der Waals surface area contributed by atoms with Crippen molar-refractivity contribution < 1.29 is 38.1 Å². The second-order valence-electron chi connectivity index (χ2n) is 7.04. The zero-order valence-corrected chi connectivity index (χ0v) is 19.3. The predicted octanol–water partition coefficient (Wildman–Crippen LogP) is 3.74. The molecule has 0 fully saturated rings. The molecule has 182 valence electrons. The van der Waals surface area contributed by atoms with Crippen LogP contribution in [0.4, 0.5) is 5.69 Å². The van der Waals surface area contributed by atoms with Crippen molar-refractivity contribution >= 4 is 23.5 Å². The second-order valence-corrected chi connectivity index (χ2v) is 7.04. The third kappa shape index (κ3) is 7.23. The van der Waals surface area contributed by atoms with Crippen LogP contribution in [0.15, 0.2) is 72.8 Å². The molecule has 1 N–H and O–H groups in total. The van der Waals surface area contributed by atoms with E-state index >= 15 is 0 Å². The Morgan fingerprint density at radius 3 is 2.00 bits per heavy atom. The van der Waals surface area contributed by atoms with Crippen LogP contribution >= 0.6 is 0 Å². The molecule has 9 heteroatoms. The molecule has 3 rings (SSSR count). The summed E-state index contributed by atoms with van der Waals surface area (Å²) in [5, 5.41) is 2.71. The molecule has 0 bridgehead atoms. The highest BCUT2D eigenvalue weighted by Crippen LogP contribution is 2.29. The van der Waals surface area contributed by atoms with Gasteiger partial charge in [0.15, 0.2) is 18.1 Å². The van der Waals surface area contributed by atoms with Crippen LogP contribution in [0.5, 0.6) is 17.2 Å². The van der Waals surface area contributed by atoms with Gasteiger partial charge in [-0.3, -0.25) is 4.79 Å². The normalized spacial score (nSPS) is 10.1. The van der Waals surface area contributed by atoms with E-state index in [-0.39, 0.29) is 36.9 Å². The Kier molecular flexibility index (Phi) is 9.07. The maximum Gasteiger partial charge on any atom is 0.338 e. The number of hydrogen-bond acceptors (Lipinski definition) is 8. The number of rotatable bonds is 11. The van der Waals surface area contributed by atoms with Gasteiger partial charge in [0.05, 0.1) is 31.0 Å². The van der Waals surface area contributed by atoms with Crippen molar-refractivity contribution in [3.05, 3.63) is 83.9 Å². The van der Waals surface area contributed by atoms with Gasteiger partial charge < -0.3 is 29.0 Å². The van der Waals surface area contributed by atoms with Gasteiger partial charge in [0.25, 0.3) is 5.91 Å². The topological polar surface area (TPSA) is 109 Å². The lowest BCUT2D eigenvalue weighted by Crippen LogP contribution is -2.20. The van der Waals surface area contributed by atoms with Crippen molar-refractivity contribution in [2.45, 2.75) is 0 Å². The third-order valence-corrected chi connectivity index (χ3v) is 4.70. The summed E-state index contributed by atoms with van der Waals surface area (Å²) in [5.41, 5.74) is 1.14. The minimum absolute atomic E-state index is 0.0842. The third-order valence-electron chi connectivity index (χ3n) is 4.70. The number of para-hydroxylation sites is 2. The van der Waals surface area contributed by atoms with Crippen molar-refractivity contribution in [1.29, 1.82) is 0 Å². The first kappa shape index (κ1) is 25.1. The van der Waals surface area contributed by atoms with E-state index in [0.717, 1.165) is 0 Å². The van der Waals surface area contributed by atoms with E-state index in [1.165, 1.54) is 32.4 Å². The van der Waals surface area contributed by atoms with Crippen LogP contribution in [0, 0.1) is 0 Å². The first-order valence-corrected chi connectivity index (χ1v) is 10.6. The molecule has 3 aromatic rings. The molecule has 1 amide bonds. The fraction of sp³-hybridized carbons (Fsp3) is 0.192. The molecular weight excluding hydrogens is 454 g/mol. The highest BCUT2D eigenvalue weighted by molar-refractivity contribution is 5.93. The van der Waals surface area contributed by atoms with Gasteiger partial charge in [-0.15, -0.1) is 0 Å². The lowest BCUT2D eigenvalue weighted by atomic mass is 10.2. The molecule has 35 heavy (non-hydrogen) atoms. The molecule has 0 radical (unpaired) electrons. The molecule has 0 saturated carbocycles. The Bertz CT molecular complexity index is 1160. The largest absolute Gasteiger partial charge is 0.495 e. The van der Waals surface area contributed by atoms with Gasteiger partial charge in [0.1, 0.15) is 19.0 Å². The van der Waals surface area contributed by atoms with Gasteiger partial charge in [0.2, 0.25) is 0 Å². The zero-order valence-electron chi connectivity index (χ0n) is 19.3. The highest BCUT2D eigenvalue weighted by atomic mass is 16.6. The van der Waals surface area contributed by atoms with Crippen LogP contribution in [-0.4, -0.2) is 51.9 Å². The van der Waals surface area contributed by atoms with E-state index in [9.17, 15) is 14.4 Å². The molecule has 0 heterocycles.